The van der Waals surface area contributed by atoms with Gasteiger partial charge in [-0.3, -0.25) is 9.36 Å². The van der Waals surface area contributed by atoms with Gasteiger partial charge in [0.25, 0.3) is 5.56 Å². The summed E-state index contributed by atoms with van der Waals surface area (Å²) in [5.74, 6) is 0.549. The summed E-state index contributed by atoms with van der Waals surface area (Å²) in [6, 6.07) is 18.1. The molecule has 0 aliphatic heterocycles. The molecule has 1 N–H and O–H groups in total. The minimum Gasteiger partial charge on any atom is -0.285 e. The highest BCUT2D eigenvalue weighted by Gasteiger charge is 2.15. The molecule has 0 saturated heterocycles. The maximum absolute atomic E-state index is 13.1. The first kappa shape index (κ1) is 20.7. The van der Waals surface area contributed by atoms with Gasteiger partial charge in [-0.15, -0.1) is 10.2 Å². The topological polar surface area (TPSA) is 102 Å². The van der Waals surface area contributed by atoms with E-state index in [1.165, 1.54) is 0 Å². The maximum Gasteiger partial charge on any atom is 0.274 e. The zero-order chi connectivity index (χ0) is 22.9. The molecule has 0 unspecified atom stereocenters. The van der Waals surface area contributed by atoms with Gasteiger partial charge in [0, 0.05) is 11.3 Å². The van der Waals surface area contributed by atoms with Gasteiger partial charge in [-0.05, 0) is 53.8 Å². The van der Waals surface area contributed by atoms with Crippen LogP contribution in [0, 0.1) is 13.8 Å². The van der Waals surface area contributed by atoms with Crippen LogP contribution in [-0.2, 0) is 13.0 Å². The van der Waals surface area contributed by atoms with Gasteiger partial charge in [0.2, 0.25) is 5.82 Å². The number of rotatable bonds is 5. The Labute approximate surface area is 190 Å². The number of aromatic nitrogens is 7. The number of tetrazole rings is 1. The van der Waals surface area contributed by atoms with Crippen molar-refractivity contribution >= 4 is 11.2 Å². The van der Waals surface area contributed by atoms with Crippen LogP contribution in [0.1, 0.15) is 29.4 Å². The van der Waals surface area contributed by atoms with Crippen molar-refractivity contribution in [2.24, 2.45) is 0 Å². The first-order valence-corrected chi connectivity index (χ1v) is 10.8. The Kier molecular flexibility index (Phi) is 5.26. The second-order valence-electron chi connectivity index (χ2n) is 8.03. The summed E-state index contributed by atoms with van der Waals surface area (Å²) >= 11 is 0. The fourth-order valence-electron chi connectivity index (χ4n) is 4.13. The molecule has 2 aromatic carbocycles. The van der Waals surface area contributed by atoms with Gasteiger partial charge in [-0.2, -0.15) is 5.21 Å². The second-order valence-corrected chi connectivity index (χ2v) is 8.03. The lowest BCUT2D eigenvalue weighted by atomic mass is 9.98. The molecule has 3 aromatic heterocycles. The number of nitrogens with one attached hydrogen (secondary N) is 1. The number of aromatic amines is 1. The Morgan fingerprint density at radius 1 is 0.970 bits per heavy atom. The van der Waals surface area contributed by atoms with E-state index in [9.17, 15) is 4.79 Å². The maximum atomic E-state index is 13.1. The molecule has 0 aliphatic rings. The molecule has 5 rings (SSSR count). The molecule has 3 heterocycles. The van der Waals surface area contributed by atoms with E-state index in [2.05, 4.69) is 30.6 Å². The van der Waals surface area contributed by atoms with Gasteiger partial charge < -0.3 is 0 Å². The van der Waals surface area contributed by atoms with E-state index in [0.29, 0.717) is 30.1 Å². The summed E-state index contributed by atoms with van der Waals surface area (Å²) in [7, 11) is 0. The van der Waals surface area contributed by atoms with Crippen molar-refractivity contribution in [3.05, 3.63) is 87.5 Å². The highest BCUT2D eigenvalue weighted by atomic mass is 16.1. The van der Waals surface area contributed by atoms with Crippen molar-refractivity contribution in [1.82, 2.24) is 35.2 Å². The molecule has 0 fully saturated rings. The van der Waals surface area contributed by atoms with Crippen LogP contribution in [-0.4, -0.2) is 35.2 Å². The average Bonchev–Trinajstić information content (AvgIpc) is 3.36. The standard InChI is InChI=1S/C25H23N7O/c1-4-21-25(33)32(24-22(27-21)15(2)13-16(3)26-24)14-17-9-11-18(12-10-17)19-7-5-6-8-20(19)23-28-30-31-29-23/h5-13H,4,14H2,1-3H3,(H,28,29,30,31). The first-order chi connectivity index (χ1) is 16.0. The molecule has 5 aromatic rings. The van der Waals surface area contributed by atoms with Crippen molar-refractivity contribution in [2.45, 2.75) is 33.7 Å². The Balaban J connectivity index is 1.55. The molecule has 0 bridgehead atoms. The van der Waals surface area contributed by atoms with Crippen LogP contribution in [0.2, 0.25) is 0 Å². The lowest BCUT2D eigenvalue weighted by Crippen LogP contribution is -2.27. The smallest absolute Gasteiger partial charge is 0.274 e. The molecule has 0 spiro atoms. The van der Waals surface area contributed by atoms with E-state index in [0.717, 1.165) is 39.0 Å². The quantitative estimate of drug-likeness (QED) is 0.448. The molecule has 0 amide bonds. The Bertz CT molecular complexity index is 1500. The summed E-state index contributed by atoms with van der Waals surface area (Å²) in [6.45, 7) is 6.32. The van der Waals surface area contributed by atoms with Crippen molar-refractivity contribution in [3.8, 4) is 22.5 Å². The van der Waals surface area contributed by atoms with Gasteiger partial charge in [0.15, 0.2) is 5.65 Å². The van der Waals surface area contributed by atoms with Crippen molar-refractivity contribution in [2.75, 3.05) is 0 Å². The number of hydrogen-bond acceptors (Lipinski definition) is 6. The zero-order valence-electron chi connectivity index (χ0n) is 18.7. The van der Waals surface area contributed by atoms with Crippen LogP contribution in [0.5, 0.6) is 0 Å². The summed E-state index contributed by atoms with van der Waals surface area (Å²) in [5.41, 5.74) is 7.72. The largest absolute Gasteiger partial charge is 0.285 e. The summed E-state index contributed by atoms with van der Waals surface area (Å²) in [4.78, 5) is 22.4. The fourth-order valence-corrected chi connectivity index (χ4v) is 4.13. The van der Waals surface area contributed by atoms with Gasteiger partial charge in [-0.1, -0.05) is 55.5 Å². The third-order valence-corrected chi connectivity index (χ3v) is 5.74. The highest BCUT2D eigenvalue weighted by Crippen LogP contribution is 2.30. The number of pyridine rings is 1. The molecule has 0 aliphatic carbocycles. The summed E-state index contributed by atoms with van der Waals surface area (Å²) in [6.07, 6.45) is 0.577. The zero-order valence-corrected chi connectivity index (χ0v) is 18.7. The summed E-state index contributed by atoms with van der Waals surface area (Å²) in [5, 5.41) is 14.4. The summed E-state index contributed by atoms with van der Waals surface area (Å²) < 4.78 is 1.74. The van der Waals surface area contributed by atoms with Crippen molar-refractivity contribution in [1.29, 1.82) is 0 Å². The predicted molar refractivity (Wildman–Crippen MR) is 127 cm³/mol. The molecule has 33 heavy (non-hydrogen) atoms. The molecule has 0 saturated carbocycles. The lowest BCUT2D eigenvalue weighted by Gasteiger charge is -2.14. The van der Waals surface area contributed by atoms with Crippen LogP contribution in [0.4, 0.5) is 0 Å². The number of benzene rings is 2. The van der Waals surface area contributed by atoms with E-state index in [1.807, 2.05) is 75.4 Å². The third kappa shape index (κ3) is 3.80. The Morgan fingerprint density at radius 2 is 1.73 bits per heavy atom. The highest BCUT2D eigenvalue weighted by molar-refractivity contribution is 5.80. The molecular formula is C25H23N7O. The predicted octanol–water partition coefficient (Wildman–Crippen LogP) is 3.87. The lowest BCUT2D eigenvalue weighted by molar-refractivity contribution is 0.753. The van der Waals surface area contributed by atoms with Crippen LogP contribution in [0.15, 0.2) is 59.4 Å². The fraction of sp³-hybridized carbons (Fsp3) is 0.200. The Hall–Kier alpha value is -4.20. The minimum atomic E-state index is -0.0889. The molecule has 0 atom stereocenters. The number of fused-ring (bicyclic) bond motifs is 1. The number of H-pyrrole nitrogens is 1. The minimum absolute atomic E-state index is 0.0889. The molecule has 8 nitrogen and oxygen atoms in total. The van der Waals surface area contributed by atoms with Crippen LogP contribution < -0.4 is 5.56 Å². The molecule has 0 radical (unpaired) electrons. The van der Waals surface area contributed by atoms with Gasteiger partial charge in [0.1, 0.15) is 11.2 Å². The first-order valence-electron chi connectivity index (χ1n) is 10.8. The second kappa shape index (κ2) is 8.38. The van der Waals surface area contributed by atoms with Gasteiger partial charge in [-0.25, -0.2) is 9.97 Å². The van der Waals surface area contributed by atoms with Crippen molar-refractivity contribution in [3.63, 3.8) is 0 Å². The number of hydrogen-bond donors (Lipinski definition) is 1. The van der Waals surface area contributed by atoms with Crippen LogP contribution in [0.3, 0.4) is 0 Å². The third-order valence-electron chi connectivity index (χ3n) is 5.74. The van der Waals surface area contributed by atoms with E-state index in [-0.39, 0.29) is 5.56 Å². The average molecular weight is 438 g/mol. The number of nitrogens with zero attached hydrogens (tertiary/aromatic N) is 6. The molecule has 164 valence electrons. The Morgan fingerprint density at radius 3 is 2.42 bits per heavy atom. The van der Waals surface area contributed by atoms with Crippen LogP contribution >= 0.6 is 0 Å². The molecule has 8 heteroatoms. The van der Waals surface area contributed by atoms with E-state index < -0.39 is 0 Å². The SMILES string of the molecule is CCc1nc2c(C)cc(C)nc2n(Cc2ccc(-c3ccccc3-c3nn[nH]n3)cc2)c1=O. The van der Waals surface area contributed by atoms with Crippen LogP contribution in [0.25, 0.3) is 33.7 Å². The number of aryl methyl sites for hydroxylation is 3. The monoisotopic (exact) mass is 437 g/mol. The van der Waals surface area contributed by atoms with E-state index in [1.54, 1.807) is 4.57 Å². The van der Waals surface area contributed by atoms with Gasteiger partial charge >= 0.3 is 0 Å². The van der Waals surface area contributed by atoms with Crippen molar-refractivity contribution < 1.29 is 0 Å². The normalized spacial score (nSPS) is 11.2. The van der Waals surface area contributed by atoms with E-state index in [4.69, 9.17) is 0 Å². The van der Waals surface area contributed by atoms with E-state index >= 15 is 0 Å². The van der Waals surface area contributed by atoms with Gasteiger partial charge in [0.05, 0.1) is 6.54 Å². The molecular weight excluding hydrogens is 414 g/mol.